The van der Waals surface area contributed by atoms with Gasteiger partial charge in [0.1, 0.15) is 0 Å². The van der Waals surface area contributed by atoms with Crippen LogP contribution < -0.4 is 10.5 Å². The van der Waals surface area contributed by atoms with Crippen LogP contribution in [0.15, 0.2) is 47.4 Å². The second kappa shape index (κ2) is 9.19. The topological polar surface area (TPSA) is 116 Å². The van der Waals surface area contributed by atoms with Gasteiger partial charge in [0, 0.05) is 5.56 Å². The van der Waals surface area contributed by atoms with E-state index in [9.17, 15) is 18.0 Å². The van der Waals surface area contributed by atoms with Crippen LogP contribution in [0.5, 0.6) is 0 Å². The van der Waals surface area contributed by atoms with Crippen molar-refractivity contribution in [1.29, 1.82) is 0 Å². The van der Waals surface area contributed by atoms with Gasteiger partial charge in [-0.2, -0.15) is 0 Å². The third-order valence-electron chi connectivity index (χ3n) is 4.31. The molecule has 1 amide bonds. The second-order valence-corrected chi connectivity index (χ2v) is 8.76. The van der Waals surface area contributed by atoms with Crippen molar-refractivity contribution < 1.29 is 22.7 Å². The van der Waals surface area contributed by atoms with E-state index in [1.807, 2.05) is 31.2 Å². The molecule has 0 saturated carbocycles. The molecule has 3 N–H and O–H groups in total. The number of benzene rings is 2. The van der Waals surface area contributed by atoms with Crippen molar-refractivity contribution >= 4 is 21.9 Å². The number of nitrogens with one attached hydrogen (secondary N) is 1. The molecule has 0 saturated heterocycles. The molecular weight excluding hydrogens is 392 g/mol. The van der Waals surface area contributed by atoms with Crippen LogP contribution in [0.1, 0.15) is 53.4 Å². The van der Waals surface area contributed by atoms with Crippen molar-refractivity contribution in [3.63, 3.8) is 0 Å². The molecule has 2 aromatic rings. The number of sulfonamides is 1. The summed E-state index contributed by atoms with van der Waals surface area (Å²) in [5.41, 5.74) is 2.54. The van der Waals surface area contributed by atoms with Gasteiger partial charge in [-0.05, 0) is 51.0 Å². The highest BCUT2D eigenvalue weighted by Gasteiger charge is 2.22. The number of carbonyl (C=O) groups excluding carboxylic acids is 2. The first-order valence-corrected chi connectivity index (χ1v) is 10.7. The monoisotopic (exact) mass is 418 g/mol. The summed E-state index contributed by atoms with van der Waals surface area (Å²) in [6, 6.07) is 10.9. The number of primary sulfonamides is 1. The first-order chi connectivity index (χ1) is 13.5. The molecule has 8 heteroatoms. The number of aryl methyl sites for hydroxylation is 2. The maximum Gasteiger partial charge on any atom is 0.308 e. The lowest BCUT2D eigenvalue weighted by atomic mass is 10.0. The van der Waals surface area contributed by atoms with E-state index >= 15 is 0 Å². The van der Waals surface area contributed by atoms with Crippen molar-refractivity contribution in [1.82, 2.24) is 5.32 Å². The van der Waals surface area contributed by atoms with E-state index < -0.39 is 27.9 Å². The van der Waals surface area contributed by atoms with Crippen LogP contribution in [0.2, 0.25) is 0 Å². The zero-order valence-electron chi connectivity index (χ0n) is 16.9. The van der Waals surface area contributed by atoms with Crippen molar-refractivity contribution in [2.45, 2.75) is 51.2 Å². The highest BCUT2D eigenvalue weighted by atomic mass is 32.2. The van der Waals surface area contributed by atoms with E-state index in [-0.39, 0.29) is 23.0 Å². The molecule has 0 radical (unpaired) electrons. The van der Waals surface area contributed by atoms with Crippen LogP contribution in [-0.4, -0.2) is 26.4 Å². The lowest BCUT2D eigenvalue weighted by molar-refractivity contribution is -0.147. The van der Waals surface area contributed by atoms with Gasteiger partial charge in [0.2, 0.25) is 10.0 Å². The molecule has 1 atom stereocenters. The normalized spacial score (nSPS) is 12.5. The smallest absolute Gasteiger partial charge is 0.308 e. The van der Waals surface area contributed by atoms with E-state index in [2.05, 4.69) is 5.32 Å². The van der Waals surface area contributed by atoms with Gasteiger partial charge in [0.25, 0.3) is 5.91 Å². The summed E-state index contributed by atoms with van der Waals surface area (Å²) in [5, 5.41) is 7.99. The molecule has 2 rings (SSSR count). The number of esters is 1. The third-order valence-corrected chi connectivity index (χ3v) is 5.22. The van der Waals surface area contributed by atoms with Gasteiger partial charge in [0.15, 0.2) is 0 Å². The molecule has 0 aromatic heterocycles. The van der Waals surface area contributed by atoms with Crippen LogP contribution in [0.25, 0.3) is 0 Å². The molecule has 0 heterocycles. The average Bonchev–Trinajstić information content (AvgIpc) is 2.60. The fourth-order valence-corrected chi connectivity index (χ4v) is 3.33. The Labute approximate surface area is 171 Å². The summed E-state index contributed by atoms with van der Waals surface area (Å²) >= 11 is 0. The van der Waals surface area contributed by atoms with Gasteiger partial charge in [-0.15, -0.1) is 0 Å². The summed E-state index contributed by atoms with van der Waals surface area (Å²) in [6.45, 7) is 7.13. The van der Waals surface area contributed by atoms with Crippen molar-refractivity contribution in [2.24, 2.45) is 5.14 Å². The molecule has 0 aliphatic heterocycles. The molecule has 0 aliphatic rings. The highest BCUT2D eigenvalue weighted by molar-refractivity contribution is 7.89. The maximum absolute atomic E-state index is 12.9. The Morgan fingerprint density at radius 2 is 1.69 bits per heavy atom. The van der Waals surface area contributed by atoms with Crippen LogP contribution in [-0.2, 0) is 19.6 Å². The van der Waals surface area contributed by atoms with Crippen molar-refractivity contribution in [3.8, 4) is 0 Å². The minimum absolute atomic E-state index is 0.0547. The van der Waals surface area contributed by atoms with E-state index in [0.717, 1.165) is 11.1 Å². The summed E-state index contributed by atoms with van der Waals surface area (Å²) in [4.78, 5) is 25.0. The molecule has 156 valence electrons. The Bertz CT molecular complexity index is 998. The zero-order chi connectivity index (χ0) is 21.8. The third kappa shape index (κ3) is 6.40. The Morgan fingerprint density at radius 1 is 1.07 bits per heavy atom. The van der Waals surface area contributed by atoms with Gasteiger partial charge in [-0.25, -0.2) is 13.6 Å². The molecular formula is C21H26N2O5S. The number of ether oxygens (including phenoxy) is 1. The first-order valence-electron chi connectivity index (χ1n) is 9.17. The van der Waals surface area contributed by atoms with Gasteiger partial charge in [0.05, 0.1) is 23.5 Å². The Morgan fingerprint density at radius 3 is 2.24 bits per heavy atom. The highest BCUT2D eigenvalue weighted by Crippen LogP contribution is 2.21. The number of rotatable bonds is 7. The summed E-state index contributed by atoms with van der Waals surface area (Å²) in [6.07, 6.45) is -0.327. The predicted molar refractivity (Wildman–Crippen MR) is 110 cm³/mol. The minimum Gasteiger partial charge on any atom is -0.463 e. The van der Waals surface area contributed by atoms with Crippen LogP contribution >= 0.6 is 0 Å². The fraction of sp³-hybridized carbons (Fsp3) is 0.333. The largest absolute Gasteiger partial charge is 0.463 e. The summed E-state index contributed by atoms with van der Waals surface area (Å²) in [7, 11) is -3.95. The van der Waals surface area contributed by atoms with E-state index in [0.29, 0.717) is 5.56 Å². The van der Waals surface area contributed by atoms with Gasteiger partial charge in [-0.1, -0.05) is 35.9 Å². The minimum atomic E-state index is -3.95. The molecule has 2 aromatic carbocycles. The molecule has 29 heavy (non-hydrogen) atoms. The Balaban J connectivity index is 2.34. The Hall–Kier alpha value is -2.71. The summed E-state index contributed by atoms with van der Waals surface area (Å²) in [5.74, 6) is -0.947. The lowest BCUT2D eigenvalue weighted by Crippen LogP contribution is -2.31. The average molecular weight is 419 g/mol. The number of amides is 1. The molecule has 0 spiro atoms. The second-order valence-electron chi connectivity index (χ2n) is 7.20. The SMILES string of the molecule is Cc1ccc([C@@H](CC(=O)OC(C)C)NC(=O)c2cc(S(N)(=O)=O)ccc2C)cc1. The molecule has 0 bridgehead atoms. The van der Waals surface area contributed by atoms with E-state index in [1.54, 1.807) is 20.8 Å². The van der Waals surface area contributed by atoms with Crippen molar-refractivity contribution in [2.75, 3.05) is 0 Å². The lowest BCUT2D eigenvalue weighted by Gasteiger charge is -2.20. The van der Waals surface area contributed by atoms with Gasteiger partial charge < -0.3 is 10.1 Å². The molecule has 7 nitrogen and oxygen atoms in total. The van der Waals surface area contributed by atoms with Crippen LogP contribution in [0.4, 0.5) is 0 Å². The Kier molecular flexibility index (Phi) is 7.16. The molecule has 0 unspecified atom stereocenters. The number of hydrogen-bond acceptors (Lipinski definition) is 5. The predicted octanol–water partition coefficient (Wildman–Crippen LogP) is 2.76. The molecule has 0 aliphatic carbocycles. The quantitative estimate of drug-likeness (QED) is 0.671. The van der Waals surface area contributed by atoms with Crippen LogP contribution in [0.3, 0.4) is 0 Å². The summed E-state index contributed by atoms with van der Waals surface area (Å²) < 4.78 is 28.5. The maximum atomic E-state index is 12.9. The number of carbonyl (C=O) groups is 2. The van der Waals surface area contributed by atoms with Gasteiger partial charge in [-0.3, -0.25) is 9.59 Å². The van der Waals surface area contributed by atoms with Crippen molar-refractivity contribution in [3.05, 3.63) is 64.7 Å². The van der Waals surface area contributed by atoms with E-state index in [4.69, 9.17) is 9.88 Å². The standard InChI is InChI=1S/C21H26N2O5S/c1-13(2)28-20(24)12-19(16-8-5-14(3)6-9-16)23-21(25)18-11-17(29(22,26)27)10-7-15(18)4/h5-11,13,19H,12H2,1-4H3,(H,23,25)(H2,22,26,27)/t19-/m1/s1. The van der Waals surface area contributed by atoms with Gasteiger partial charge >= 0.3 is 5.97 Å². The fourth-order valence-electron chi connectivity index (χ4n) is 2.79. The van der Waals surface area contributed by atoms with Crippen LogP contribution in [0, 0.1) is 13.8 Å². The first kappa shape index (κ1) is 22.6. The number of nitrogens with two attached hydrogens (primary N) is 1. The molecule has 0 fully saturated rings. The zero-order valence-corrected chi connectivity index (χ0v) is 17.7. The van der Waals surface area contributed by atoms with E-state index in [1.165, 1.54) is 18.2 Å². The number of hydrogen-bond donors (Lipinski definition) is 2.